The van der Waals surface area contributed by atoms with Crippen molar-refractivity contribution >= 4 is 23.5 Å². The third-order valence-electron chi connectivity index (χ3n) is 5.05. The Morgan fingerprint density at radius 3 is 1.87 bits per heavy atom. The molecule has 1 amide bonds. The minimum atomic E-state index is -6.10. The van der Waals surface area contributed by atoms with E-state index < -0.39 is 82.2 Å². The number of hydrogen-bond acceptors (Lipinski definition) is 6. The summed E-state index contributed by atoms with van der Waals surface area (Å²) in [4.78, 5) is 46.3. The molecule has 0 radical (unpaired) electrons. The number of amides is 1. The highest BCUT2D eigenvalue weighted by molar-refractivity contribution is 6.09. The second-order valence-corrected chi connectivity index (χ2v) is 7.77. The number of benzene rings is 2. The van der Waals surface area contributed by atoms with Gasteiger partial charge in [-0.1, -0.05) is 12.1 Å². The van der Waals surface area contributed by atoms with Crippen LogP contribution < -0.4 is 10.1 Å². The number of halogens is 8. The standard InChI is InChI=1S/C21H14F8N2O8/c22-19(23,21(27,28)29)9-39-14-7-11(3-6-13(14)31(37)38)15(32)30-18(16(33)34,17(35)36)8-10-1-4-12(5-2-10)20(24,25)26/h1-7H,8-9H2,(H,30,32)(H,33,34)(H,35,36). The van der Waals surface area contributed by atoms with Crippen molar-refractivity contribution in [1.29, 1.82) is 0 Å². The molecule has 10 nitrogen and oxygen atoms in total. The van der Waals surface area contributed by atoms with Crippen LogP contribution in [0.25, 0.3) is 0 Å². The number of carboxylic acid groups (broad SMARTS) is 2. The monoisotopic (exact) mass is 574 g/mol. The highest BCUT2D eigenvalue weighted by Gasteiger charge is 2.58. The first-order valence-corrected chi connectivity index (χ1v) is 10.0. The van der Waals surface area contributed by atoms with Crippen molar-refractivity contribution in [1.82, 2.24) is 5.32 Å². The molecule has 39 heavy (non-hydrogen) atoms. The third kappa shape index (κ3) is 6.88. The van der Waals surface area contributed by atoms with Gasteiger partial charge in [0.05, 0.1) is 10.5 Å². The molecule has 0 heterocycles. The van der Waals surface area contributed by atoms with E-state index >= 15 is 0 Å². The van der Waals surface area contributed by atoms with E-state index in [0.717, 1.165) is 12.1 Å². The van der Waals surface area contributed by atoms with Crippen molar-refractivity contribution in [3.05, 3.63) is 69.3 Å². The molecule has 0 aliphatic heterocycles. The minimum Gasteiger partial charge on any atom is -0.480 e. The Bertz CT molecular complexity index is 1260. The lowest BCUT2D eigenvalue weighted by Crippen LogP contribution is -2.61. The van der Waals surface area contributed by atoms with E-state index in [-0.39, 0.29) is 5.56 Å². The normalized spacial score (nSPS) is 12.5. The smallest absolute Gasteiger partial charge is 0.456 e. The molecule has 212 valence electrons. The van der Waals surface area contributed by atoms with E-state index in [1.54, 1.807) is 5.32 Å². The number of rotatable bonds is 10. The largest absolute Gasteiger partial charge is 0.480 e. The number of aliphatic carboxylic acids is 2. The molecule has 0 aliphatic carbocycles. The van der Waals surface area contributed by atoms with Gasteiger partial charge in [0, 0.05) is 24.1 Å². The van der Waals surface area contributed by atoms with E-state index in [9.17, 15) is 69.8 Å². The zero-order valence-corrected chi connectivity index (χ0v) is 18.8. The van der Waals surface area contributed by atoms with Gasteiger partial charge >= 0.3 is 35.9 Å². The van der Waals surface area contributed by atoms with Crippen LogP contribution in [0.1, 0.15) is 21.5 Å². The first-order chi connectivity index (χ1) is 17.7. The van der Waals surface area contributed by atoms with Crippen LogP contribution in [0.3, 0.4) is 0 Å². The number of carbonyl (C=O) groups is 3. The second-order valence-electron chi connectivity index (χ2n) is 7.77. The maximum Gasteiger partial charge on any atom is 0.456 e. The van der Waals surface area contributed by atoms with Gasteiger partial charge < -0.3 is 20.3 Å². The number of carboxylic acids is 2. The highest BCUT2D eigenvalue weighted by Crippen LogP contribution is 2.37. The Balaban J connectivity index is 2.43. The van der Waals surface area contributed by atoms with E-state index in [4.69, 9.17) is 0 Å². The van der Waals surface area contributed by atoms with Crippen molar-refractivity contribution < 1.29 is 69.4 Å². The van der Waals surface area contributed by atoms with Gasteiger partial charge in [0.1, 0.15) is 0 Å². The first-order valence-electron chi connectivity index (χ1n) is 10.0. The number of hydrogen-bond donors (Lipinski definition) is 3. The molecular formula is C21H14F8N2O8. The fourth-order valence-electron chi connectivity index (χ4n) is 2.95. The summed E-state index contributed by atoms with van der Waals surface area (Å²) in [5.41, 5.74) is -6.71. The van der Waals surface area contributed by atoms with Gasteiger partial charge in [0.2, 0.25) is 5.54 Å². The van der Waals surface area contributed by atoms with Gasteiger partial charge in [0.25, 0.3) is 5.91 Å². The predicted molar refractivity (Wildman–Crippen MR) is 110 cm³/mol. The number of nitrogens with one attached hydrogen (secondary N) is 1. The third-order valence-corrected chi connectivity index (χ3v) is 5.05. The van der Waals surface area contributed by atoms with Crippen LogP contribution in [-0.4, -0.2) is 57.2 Å². The van der Waals surface area contributed by atoms with E-state index in [1.807, 2.05) is 0 Å². The molecule has 0 spiro atoms. The number of nitrogens with zero attached hydrogens (tertiary/aromatic N) is 1. The summed E-state index contributed by atoms with van der Waals surface area (Å²) >= 11 is 0. The molecule has 3 N–H and O–H groups in total. The fourth-order valence-corrected chi connectivity index (χ4v) is 2.95. The van der Waals surface area contributed by atoms with Gasteiger partial charge in [-0.2, -0.15) is 35.1 Å². The Morgan fingerprint density at radius 1 is 0.897 bits per heavy atom. The topological polar surface area (TPSA) is 156 Å². The van der Waals surface area contributed by atoms with Gasteiger partial charge in [-0.3, -0.25) is 14.9 Å². The van der Waals surface area contributed by atoms with Crippen LogP contribution in [0.5, 0.6) is 5.75 Å². The number of carbonyl (C=O) groups excluding carboxylic acids is 1. The van der Waals surface area contributed by atoms with Crippen LogP contribution >= 0.6 is 0 Å². The van der Waals surface area contributed by atoms with Crippen LogP contribution in [-0.2, 0) is 22.2 Å². The van der Waals surface area contributed by atoms with Crippen molar-refractivity contribution in [2.24, 2.45) is 0 Å². The molecule has 2 aromatic rings. The Hall–Kier alpha value is -4.51. The van der Waals surface area contributed by atoms with Gasteiger partial charge in [-0.15, -0.1) is 0 Å². The van der Waals surface area contributed by atoms with Crippen LogP contribution in [0, 0.1) is 10.1 Å². The Labute approximate surface area is 210 Å². The van der Waals surface area contributed by atoms with E-state index in [1.165, 1.54) is 0 Å². The number of nitro groups is 1. The molecule has 2 rings (SSSR count). The molecular weight excluding hydrogens is 560 g/mol. The molecule has 0 saturated carbocycles. The van der Waals surface area contributed by atoms with Crippen molar-refractivity contribution in [3.63, 3.8) is 0 Å². The summed E-state index contributed by atoms with van der Waals surface area (Å²) in [6.07, 6.45) is -12.0. The van der Waals surface area contributed by atoms with Crippen molar-refractivity contribution in [2.45, 2.75) is 30.2 Å². The Kier molecular flexibility index (Phi) is 8.42. The maximum atomic E-state index is 13.2. The number of ether oxygens (including phenoxy) is 1. The molecule has 0 unspecified atom stereocenters. The fraction of sp³-hybridized carbons (Fsp3) is 0.286. The molecule has 0 saturated heterocycles. The van der Waals surface area contributed by atoms with Crippen molar-refractivity contribution in [2.75, 3.05) is 6.61 Å². The Morgan fingerprint density at radius 2 is 1.44 bits per heavy atom. The van der Waals surface area contributed by atoms with Crippen LogP contribution in [0.2, 0.25) is 0 Å². The summed E-state index contributed by atoms with van der Waals surface area (Å²) in [6, 6.07) is 3.85. The van der Waals surface area contributed by atoms with E-state index in [2.05, 4.69) is 4.74 Å². The molecule has 0 bridgehead atoms. The quantitative estimate of drug-likeness (QED) is 0.166. The van der Waals surface area contributed by atoms with Crippen LogP contribution in [0.15, 0.2) is 42.5 Å². The first kappa shape index (κ1) is 30.7. The van der Waals surface area contributed by atoms with Crippen LogP contribution in [0.4, 0.5) is 40.8 Å². The molecule has 0 aromatic heterocycles. The van der Waals surface area contributed by atoms with E-state index in [0.29, 0.717) is 30.3 Å². The lowest BCUT2D eigenvalue weighted by Gasteiger charge is -2.26. The van der Waals surface area contributed by atoms with Crippen molar-refractivity contribution in [3.8, 4) is 5.75 Å². The highest BCUT2D eigenvalue weighted by atomic mass is 19.4. The predicted octanol–water partition coefficient (Wildman–Crippen LogP) is 4.07. The average Bonchev–Trinajstić information content (AvgIpc) is 2.80. The summed E-state index contributed by atoms with van der Waals surface area (Å²) in [5.74, 6) is -12.8. The summed E-state index contributed by atoms with van der Waals surface area (Å²) < 4.78 is 106. The SMILES string of the molecule is O=C(NC(Cc1ccc(C(F)(F)F)cc1)(C(=O)O)C(=O)O)c1ccc([N+](=O)[O-])c(OCC(F)(F)C(F)(F)F)c1. The summed E-state index contributed by atoms with van der Waals surface area (Å²) in [5, 5.41) is 31.9. The number of nitro benzene ring substituents is 1. The van der Waals surface area contributed by atoms with Gasteiger partial charge in [-0.05, 0) is 23.8 Å². The lowest BCUT2D eigenvalue weighted by molar-refractivity contribution is -0.386. The van der Waals surface area contributed by atoms with Gasteiger partial charge in [0.15, 0.2) is 12.4 Å². The molecule has 18 heteroatoms. The molecule has 2 aromatic carbocycles. The second kappa shape index (κ2) is 10.7. The average molecular weight is 574 g/mol. The molecule has 0 atom stereocenters. The molecule has 0 fully saturated rings. The summed E-state index contributed by atoms with van der Waals surface area (Å²) in [7, 11) is 0. The minimum absolute atomic E-state index is 0.296. The van der Waals surface area contributed by atoms with Gasteiger partial charge in [-0.25, -0.2) is 9.59 Å². The lowest BCUT2D eigenvalue weighted by atomic mass is 9.89. The zero-order valence-electron chi connectivity index (χ0n) is 18.8. The molecule has 0 aliphatic rings. The zero-order chi connectivity index (χ0) is 30.0. The number of alkyl halides is 8. The summed E-state index contributed by atoms with van der Waals surface area (Å²) in [6.45, 7) is -2.44. The maximum absolute atomic E-state index is 13.2.